The third-order valence-electron chi connectivity index (χ3n) is 2.93. The average Bonchev–Trinajstić information content (AvgIpc) is 2.43. The Morgan fingerprint density at radius 2 is 2.25 bits per heavy atom. The van der Waals surface area contributed by atoms with E-state index in [1.165, 1.54) is 6.07 Å². The van der Waals surface area contributed by atoms with E-state index in [-0.39, 0.29) is 5.69 Å². The van der Waals surface area contributed by atoms with Crippen LogP contribution in [-0.2, 0) is 6.42 Å². The van der Waals surface area contributed by atoms with Crippen LogP contribution in [0.1, 0.15) is 11.1 Å². The Bertz CT molecular complexity index is 617. The second-order valence-corrected chi connectivity index (χ2v) is 4.41. The fourth-order valence-electron chi connectivity index (χ4n) is 1.85. The lowest BCUT2D eigenvalue weighted by Crippen LogP contribution is -2.08. The molecule has 1 heterocycles. The summed E-state index contributed by atoms with van der Waals surface area (Å²) < 4.78 is 13.4. The number of benzene rings is 1. The van der Waals surface area contributed by atoms with E-state index in [2.05, 4.69) is 10.3 Å². The van der Waals surface area contributed by atoms with Gasteiger partial charge in [-0.1, -0.05) is 6.07 Å². The van der Waals surface area contributed by atoms with Gasteiger partial charge in [-0.15, -0.1) is 0 Å². The van der Waals surface area contributed by atoms with Crippen LogP contribution in [0.4, 0.5) is 15.8 Å². The first kappa shape index (κ1) is 13.9. The SMILES string of the molecule is Cc1cc(NCCc2cccnc2)c([N+](=O)[O-])cc1F. The fourth-order valence-corrected chi connectivity index (χ4v) is 1.85. The Morgan fingerprint density at radius 1 is 1.45 bits per heavy atom. The molecule has 0 saturated heterocycles. The van der Waals surface area contributed by atoms with Gasteiger partial charge in [-0.2, -0.15) is 0 Å². The molecule has 6 heteroatoms. The molecule has 0 saturated carbocycles. The molecule has 1 aromatic carbocycles. The third kappa shape index (κ3) is 3.28. The molecule has 0 unspecified atom stereocenters. The molecule has 0 spiro atoms. The molecular weight excluding hydrogens is 261 g/mol. The normalized spacial score (nSPS) is 10.3. The first-order valence-corrected chi connectivity index (χ1v) is 6.15. The number of aryl methyl sites for hydroxylation is 1. The summed E-state index contributed by atoms with van der Waals surface area (Å²) in [6, 6.07) is 6.16. The Kier molecular flexibility index (Phi) is 4.24. The van der Waals surface area contributed by atoms with Crippen molar-refractivity contribution >= 4 is 11.4 Å². The minimum Gasteiger partial charge on any atom is -0.379 e. The Morgan fingerprint density at radius 3 is 2.90 bits per heavy atom. The topological polar surface area (TPSA) is 68.1 Å². The lowest BCUT2D eigenvalue weighted by Gasteiger charge is -2.08. The molecule has 5 nitrogen and oxygen atoms in total. The van der Waals surface area contributed by atoms with Crippen molar-refractivity contribution in [3.05, 3.63) is 63.7 Å². The maximum Gasteiger partial charge on any atom is 0.295 e. The van der Waals surface area contributed by atoms with Crippen LogP contribution in [0.3, 0.4) is 0 Å². The van der Waals surface area contributed by atoms with Crippen LogP contribution in [0, 0.1) is 22.9 Å². The van der Waals surface area contributed by atoms with Gasteiger partial charge in [0.2, 0.25) is 0 Å². The van der Waals surface area contributed by atoms with Gasteiger partial charge in [-0.05, 0) is 36.6 Å². The number of nitrogens with one attached hydrogen (secondary N) is 1. The number of anilines is 1. The summed E-state index contributed by atoms with van der Waals surface area (Å²) >= 11 is 0. The van der Waals surface area contributed by atoms with E-state index in [4.69, 9.17) is 0 Å². The number of hydrogen-bond donors (Lipinski definition) is 1. The van der Waals surface area contributed by atoms with Crippen molar-refractivity contribution in [2.24, 2.45) is 0 Å². The van der Waals surface area contributed by atoms with Crippen molar-refractivity contribution in [1.82, 2.24) is 4.98 Å². The Hall–Kier alpha value is -2.50. The van der Waals surface area contributed by atoms with Gasteiger partial charge in [0.05, 0.1) is 11.0 Å². The summed E-state index contributed by atoms with van der Waals surface area (Å²) in [5.41, 5.74) is 1.48. The number of rotatable bonds is 5. The zero-order valence-corrected chi connectivity index (χ0v) is 11.0. The lowest BCUT2D eigenvalue weighted by molar-refractivity contribution is -0.384. The number of halogens is 1. The van der Waals surface area contributed by atoms with Crippen LogP contribution in [0.15, 0.2) is 36.7 Å². The molecule has 0 aliphatic carbocycles. The van der Waals surface area contributed by atoms with Gasteiger partial charge in [-0.25, -0.2) is 4.39 Å². The van der Waals surface area contributed by atoms with Crippen molar-refractivity contribution in [2.45, 2.75) is 13.3 Å². The van der Waals surface area contributed by atoms with E-state index < -0.39 is 10.7 Å². The highest BCUT2D eigenvalue weighted by atomic mass is 19.1. The molecule has 104 valence electrons. The molecule has 0 fully saturated rings. The maximum atomic E-state index is 13.4. The van der Waals surface area contributed by atoms with Crippen LogP contribution in [-0.4, -0.2) is 16.5 Å². The van der Waals surface area contributed by atoms with Crippen molar-refractivity contribution in [3.63, 3.8) is 0 Å². The molecule has 1 N–H and O–H groups in total. The van der Waals surface area contributed by atoms with Crippen LogP contribution < -0.4 is 5.32 Å². The van der Waals surface area contributed by atoms with E-state index in [1.54, 1.807) is 19.3 Å². The van der Waals surface area contributed by atoms with E-state index in [1.807, 2.05) is 12.1 Å². The number of aromatic nitrogens is 1. The van der Waals surface area contributed by atoms with Gasteiger partial charge in [-0.3, -0.25) is 15.1 Å². The smallest absolute Gasteiger partial charge is 0.295 e. The predicted octanol–water partition coefficient (Wildman–Crippen LogP) is 3.09. The number of pyridine rings is 1. The number of nitro groups is 1. The molecule has 2 rings (SSSR count). The van der Waals surface area contributed by atoms with Crippen molar-refractivity contribution in [1.29, 1.82) is 0 Å². The van der Waals surface area contributed by atoms with Gasteiger partial charge >= 0.3 is 0 Å². The van der Waals surface area contributed by atoms with Gasteiger partial charge in [0, 0.05) is 18.9 Å². The quantitative estimate of drug-likeness (QED) is 0.672. The summed E-state index contributed by atoms with van der Waals surface area (Å²) in [6.45, 7) is 2.09. The third-order valence-corrected chi connectivity index (χ3v) is 2.93. The predicted molar refractivity (Wildman–Crippen MR) is 74.2 cm³/mol. The van der Waals surface area contributed by atoms with Gasteiger partial charge in [0.15, 0.2) is 0 Å². The van der Waals surface area contributed by atoms with Crippen molar-refractivity contribution < 1.29 is 9.31 Å². The molecule has 0 atom stereocenters. The fraction of sp³-hybridized carbons (Fsp3) is 0.214. The monoisotopic (exact) mass is 275 g/mol. The molecule has 0 bridgehead atoms. The van der Waals surface area contributed by atoms with E-state index in [0.29, 0.717) is 24.2 Å². The minimum absolute atomic E-state index is 0.251. The molecule has 1 aromatic heterocycles. The zero-order chi connectivity index (χ0) is 14.5. The highest BCUT2D eigenvalue weighted by Crippen LogP contribution is 2.27. The van der Waals surface area contributed by atoms with E-state index >= 15 is 0 Å². The molecule has 0 radical (unpaired) electrons. The second-order valence-electron chi connectivity index (χ2n) is 4.41. The Labute approximate surface area is 115 Å². The highest BCUT2D eigenvalue weighted by molar-refractivity contribution is 5.63. The van der Waals surface area contributed by atoms with E-state index in [9.17, 15) is 14.5 Å². The standard InChI is InChI=1S/C14H14FN3O2/c1-10-7-13(14(18(19)20)8-12(10)15)17-6-4-11-3-2-5-16-9-11/h2-3,5,7-9,17H,4,6H2,1H3. The Balaban J connectivity index is 2.09. The highest BCUT2D eigenvalue weighted by Gasteiger charge is 2.16. The first-order valence-electron chi connectivity index (χ1n) is 6.15. The second kappa shape index (κ2) is 6.10. The lowest BCUT2D eigenvalue weighted by atomic mass is 10.1. The largest absolute Gasteiger partial charge is 0.379 e. The summed E-state index contributed by atoms with van der Waals surface area (Å²) in [4.78, 5) is 14.3. The first-order chi connectivity index (χ1) is 9.58. The van der Waals surface area contributed by atoms with Crippen LogP contribution in [0.5, 0.6) is 0 Å². The molecule has 20 heavy (non-hydrogen) atoms. The van der Waals surface area contributed by atoms with Crippen LogP contribution in [0.2, 0.25) is 0 Å². The summed E-state index contributed by atoms with van der Waals surface area (Å²) in [5, 5.41) is 13.9. The van der Waals surface area contributed by atoms with E-state index in [0.717, 1.165) is 11.6 Å². The summed E-state index contributed by atoms with van der Waals surface area (Å²) in [7, 11) is 0. The average molecular weight is 275 g/mol. The number of nitrogens with zero attached hydrogens (tertiary/aromatic N) is 2. The molecule has 0 aliphatic heterocycles. The van der Waals surface area contributed by atoms with Crippen molar-refractivity contribution in [2.75, 3.05) is 11.9 Å². The molecular formula is C14H14FN3O2. The minimum atomic E-state index is -0.588. The van der Waals surface area contributed by atoms with Crippen LogP contribution >= 0.6 is 0 Å². The summed E-state index contributed by atoms with van der Waals surface area (Å²) in [6.07, 6.45) is 4.11. The maximum absolute atomic E-state index is 13.4. The van der Waals surface area contributed by atoms with Gasteiger partial charge in [0.25, 0.3) is 5.69 Å². The van der Waals surface area contributed by atoms with Crippen LogP contribution in [0.25, 0.3) is 0 Å². The van der Waals surface area contributed by atoms with Crippen molar-refractivity contribution in [3.8, 4) is 0 Å². The number of hydrogen-bond acceptors (Lipinski definition) is 4. The van der Waals surface area contributed by atoms with Gasteiger partial charge < -0.3 is 5.32 Å². The molecule has 2 aromatic rings. The zero-order valence-electron chi connectivity index (χ0n) is 11.0. The molecule has 0 amide bonds. The summed E-state index contributed by atoms with van der Waals surface area (Å²) in [5.74, 6) is -0.575. The van der Waals surface area contributed by atoms with Gasteiger partial charge in [0.1, 0.15) is 11.5 Å². The molecule has 0 aliphatic rings. The number of nitro benzene ring substituents is 1.